The molecule has 124 valence electrons. The Hall–Kier alpha value is -1.80. The molecule has 2 aromatic rings. The van der Waals surface area contributed by atoms with Crippen molar-refractivity contribution in [2.45, 2.75) is 38.8 Å². The van der Waals surface area contributed by atoms with Gasteiger partial charge in [0.25, 0.3) is 5.91 Å². The zero-order valence-electron chi connectivity index (χ0n) is 13.4. The second-order valence-electron chi connectivity index (χ2n) is 5.90. The Balaban J connectivity index is 1.56. The van der Waals surface area contributed by atoms with Crippen LogP contribution in [0, 0.1) is 6.92 Å². The minimum Gasteiger partial charge on any atom is -0.340 e. The molecule has 1 amide bonds. The maximum atomic E-state index is 12.4. The van der Waals surface area contributed by atoms with Gasteiger partial charge in [-0.1, -0.05) is 5.16 Å². The minimum absolute atomic E-state index is 0.0448. The predicted octanol–water partition coefficient (Wildman–Crippen LogP) is 1.96. The lowest BCUT2D eigenvalue weighted by molar-refractivity contribution is 0.0752. The summed E-state index contributed by atoms with van der Waals surface area (Å²) in [6.45, 7) is 4.02. The van der Waals surface area contributed by atoms with Gasteiger partial charge < -0.3 is 9.42 Å². The molecule has 1 atom stereocenters. The maximum Gasteiger partial charge on any atom is 0.273 e. The number of likely N-dealkylation sites (tertiary alicyclic amines) is 1. The third-order valence-corrected chi connectivity index (χ3v) is 4.81. The molecule has 0 aromatic carbocycles. The van der Waals surface area contributed by atoms with Gasteiger partial charge in [0.2, 0.25) is 5.89 Å². The fourth-order valence-corrected chi connectivity index (χ4v) is 3.49. The van der Waals surface area contributed by atoms with Crippen LogP contribution < -0.4 is 0 Å². The predicted molar refractivity (Wildman–Crippen MR) is 86.2 cm³/mol. The first-order valence-corrected chi connectivity index (χ1v) is 8.74. The SMILES string of the molecule is Cc1nc(CN(C)C2CCCN(C(=O)c3cscn3)CC2)no1. The normalized spacial score (nSPS) is 19.1. The molecule has 1 saturated heterocycles. The van der Waals surface area contributed by atoms with E-state index >= 15 is 0 Å². The number of hydrogen-bond acceptors (Lipinski definition) is 7. The number of carbonyl (C=O) groups excluding carboxylic acids is 1. The van der Waals surface area contributed by atoms with E-state index in [-0.39, 0.29) is 5.91 Å². The molecule has 0 N–H and O–H groups in total. The van der Waals surface area contributed by atoms with Gasteiger partial charge in [0, 0.05) is 31.4 Å². The van der Waals surface area contributed by atoms with Crippen molar-refractivity contribution in [3.63, 3.8) is 0 Å². The lowest BCUT2D eigenvalue weighted by atomic mass is 10.1. The third kappa shape index (κ3) is 3.94. The number of carbonyl (C=O) groups is 1. The smallest absolute Gasteiger partial charge is 0.273 e. The zero-order chi connectivity index (χ0) is 16.2. The van der Waals surface area contributed by atoms with Gasteiger partial charge in [0.15, 0.2) is 5.82 Å². The summed E-state index contributed by atoms with van der Waals surface area (Å²) in [6, 6.07) is 0.419. The summed E-state index contributed by atoms with van der Waals surface area (Å²) in [6.07, 6.45) is 3.01. The average molecular weight is 335 g/mol. The molecular formula is C15H21N5O2S. The third-order valence-electron chi connectivity index (χ3n) is 4.22. The van der Waals surface area contributed by atoms with Crippen LogP contribution in [0.1, 0.15) is 41.5 Å². The number of aromatic nitrogens is 3. The topological polar surface area (TPSA) is 75.4 Å². The van der Waals surface area contributed by atoms with E-state index in [0.29, 0.717) is 30.0 Å². The van der Waals surface area contributed by atoms with Crippen molar-refractivity contribution in [3.05, 3.63) is 28.3 Å². The highest BCUT2D eigenvalue weighted by atomic mass is 32.1. The van der Waals surface area contributed by atoms with E-state index < -0.39 is 0 Å². The molecule has 0 spiro atoms. The van der Waals surface area contributed by atoms with Crippen LogP contribution in [0.5, 0.6) is 0 Å². The number of hydrogen-bond donors (Lipinski definition) is 0. The molecule has 0 radical (unpaired) electrons. The summed E-state index contributed by atoms with van der Waals surface area (Å²) in [5.74, 6) is 1.35. The van der Waals surface area contributed by atoms with Crippen LogP contribution >= 0.6 is 11.3 Å². The first-order chi connectivity index (χ1) is 11.1. The van der Waals surface area contributed by atoms with Crippen molar-refractivity contribution >= 4 is 17.2 Å². The van der Waals surface area contributed by atoms with Gasteiger partial charge in [-0.05, 0) is 26.3 Å². The highest BCUT2D eigenvalue weighted by molar-refractivity contribution is 7.07. The summed E-state index contributed by atoms with van der Waals surface area (Å²) in [4.78, 5) is 25.0. The number of thiazole rings is 1. The Morgan fingerprint density at radius 2 is 2.35 bits per heavy atom. The van der Waals surface area contributed by atoms with Crippen LogP contribution in [-0.4, -0.2) is 57.0 Å². The second-order valence-corrected chi connectivity index (χ2v) is 6.61. The largest absolute Gasteiger partial charge is 0.340 e. The van der Waals surface area contributed by atoms with E-state index in [9.17, 15) is 4.79 Å². The molecule has 3 heterocycles. The van der Waals surface area contributed by atoms with E-state index in [4.69, 9.17) is 4.52 Å². The highest BCUT2D eigenvalue weighted by Crippen LogP contribution is 2.19. The second kappa shape index (κ2) is 7.18. The van der Waals surface area contributed by atoms with Crippen LogP contribution in [-0.2, 0) is 6.54 Å². The van der Waals surface area contributed by atoms with Gasteiger partial charge in [-0.25, -0.2) is 4.98 Å². The Labute approximate surface area is 139 Å². The molecule has 1 aliphatic heterocycles. The van der Waals surface area contributed by atoms with Crippen molar-refractivity contribution < 1.29 is 9.32 Å². The molecule has 0 saturated carbocycles. The summed E-state index contributed by atoms with van der Waals surface area (Å²) in [5.41, 5.74) is 2.26. The maximum absolute atomic E-state index is 12.4. The Morgan fingerprint density at radius 1 is 1.48 bits per heavy atom. The van der Waals surface area contributed by atoms with Crippen molar-refractivity contribution in [1.82, 2.24) is 24.9 Å². The van der Waals surface area contributed by atoms with Crippen LogP contribution in [0.3, 0.4) is 0 Å². The molecular weight excluding hydrogens is 314 g/mol. The summed E-state index contributed by atoms with van der Waals surface area (Å²) in [5, 5.41) is 5.77. The molecule has 23 heavy (non-hydrogen) atoms. The first-order valence-electron chi connectivity index (χ1n) is 7.80. The monoisotopic (exact) mass is 335 g/mol. The van der Waals surface area contributed by atoms with Gasteiger partial charge in [-0.2, -0.15) is 4.98 Å². The van der Waals surface area contributed by atoms with Gasteiger partial charge in [0.1, 0.15) is 5.69 Å². The molecule has 1 unspecified atom stereocenters. The van der Waals surface area contributed by atoms with Crippen molar-refractivity contribution in [3.8, 4) is 0 Å². The molecule has 1 aliphatic rings. The van der Waals surface area contributed by atoms with Crippen LogP contribution in [0.25, 0.3) is 0 Å². The number of aryl methyl sites for hydroxylation is 1. The molecule has 3 rings (SSSR count). The molecule has 7 nitrogen and oxygen atoms in total. The van der Waals surface area contributed by atoms with E-state index in [0.717, 1.165) is 32.4 Å². The van der Waals surface area contributed by atoms with E-state index in [2.05, 4.69) is 27.1 Å². The standard InChI is InChI=1S/C15H21N5O2S/c1-11-17-14(18-22-11)8-19(2)12-4-3-6-20(7-5-12)15(21)13-9-23-10-16-13/h9-10,12H,3-8H2,1-2H3. The first kappa shape index (κ1) is 16.1. The fourth-order valence-electron chi connectivity index (χ4n) is 2.96. The van der Waals surface area contributed by atoms with Gasteiger partial charge >= 0.3 is 0 Å². The van der Waals surface area contributed by atoms with Crippen molar-refractivity contribution in [2.24, 2.45) is 0 Å². The van der Waals surface area contributed by atoms with Crippen LogP contribution in [0.2, 0.25) is 0 Å². The minimum atomic E-state index is 0.0448. The quantitative estimate of drug-likeness (QED) is 0.850. The van der Waals surface area contributed by atoms with Crippen LogP contribution in [0.4, 0.5) is 0 Å². The van der Waals surface area contributed by atoms with Gasteiger partial charge in [-0.3, -0.25) is 9.69 Å². The molecule has 2 aromatic heterocycles. The number of amides is 1. The van der Waals surface area contributed by atoms with Crippen LogP contribution in [0.15, 0.2) is 15.4 Å². The average Bonchev–Trinajstić information content (AvgIpc) is 3.13. The number of nitrogens with zero attached hydrogens (tertiary/aromatic N) is 5. The van der Waals surface area contributed by atoms with E-state index in [1.54, 1.807) is 12.4 Å². The lowest BCUT2D eigenvalue weighted by Crippen LogP contribution is -2.35. The molecule has 0 bridgehead atoms. The van der Waals surface area contributed by atoms with Crippen molar-refractivity contribution in [2.75, 3.05) is 20.1 Å². The summed E-state index contributed by atoms with van der Waals surface area (Å²) < 4.78 is 5.02. The Kier molecular flexibility index (Phi) is 5.02. The summed E-state index contributed by atoms with van der Waals surface area (Å²) >= 11 is 1.46. The fraction of sp³-hybridized carbons (Fsp3) is 0.600. The lowest BCUT2D eigenvalue weighted by Gasteiger charge is -2.26. The zero-order valence-corrected chi connectivity index (χ0v) is 14.3. The highest BCUT2D eigenvalue weighted by Gasteiger charge is 2.25. The number of rotatable bonds is 4. The molecule has 0 aliphatic carbocycles. The van der Waals surface area contributed by atoms with E-state index in [1.165, 1.54) is 11.3 Å². The van der Waals surface area contributed by atoms with Gasteiger partial charge in [0.05, 0.1) is 12.1 Å². The van der Waals surface area contributed by atoms with E-state index in [1.807, 2.05) is 10.3 Å². The van der Waals surface area contributed by atoms with Crippen molar-refractivity contribution in [1.29, 1.82) is 0 Å². The Bertz CT molecular complexity index is 642. The molecule has 8 heteroatoms. The Morgan fingerprint density at radius 3 is 3.04 bits per heavy atom. The van der Waals surface area contributed by atoms with Gasteiger partial charge in [-0.15, -0.1) is 11.3 Å². The molecule has 1 fully saturated rings. The summed E-state index contributed by atoms with van der Waals surface area (Å²) in [7, 11) is 2.08.